The number of nitrogens with zero attached hydrogens (tertiary/aromatic N) is 4. The molecular weight excluding hydrogens is 605 g/mol. The zero-order valence-corrected chi connectivity index (χ0v) is 27.0. The summed E-state index contributed by atoms with van der Waals surface area (Å²) in [4.78, 5) is 14.3. The Hall–Kier alpha value is -2.91. The first-order valence-electron chi connectivity index (χ1n) is 14.2. The Morgan fingerprint density at radius 2 is 1.09 bits per heavy atom. The van der Waals surface area contributed by atoms with Crippen LogP contribution < -0.4 is 20.4 Å². The number of hydrogen-bond donors (Lipinski definition) is 4. The van der Waals surface area contributed by atoms with Crippen LogP contribution in [0.1, 0.15) is 33.6 Å². The van der Waals surface area contributed by atoms with E-state index in [1.807, 2.05) is 0 Å². The quantitative estimate of drug-likeness (QED) is 0.226. The van der Waals surface area contributed by atoms with Crippen LogP contribution in [-0.4, -0.2) is 79.8 Å². The maximum absolute atomic E-state index is 8.74. The van der Waals surface area contributed by atoms with Crippen molar-refractivity contribution in [1.29, 1.82) is 0 Å². The summed E-state index contributed by atoms with van der Waals surface area (Å²) in [7, 11) is -4.67. The molecule has 0 bridgehead atoms. The number of anilines is 2. The van der Waals surface area contributed by atoms with Crippen molar-refractivity contribution in [3.05, 3.63) is 92.9 Å². The van der Waals surface area contributed by atoms with Crippen LogP contribution in [0.25, 0.3) is 0 Å². The van der Waals surface area contributed by atoms with Gasteiger partial charge in [-0.1, -0.05) is 59.7 Å². The topological polar surface area (TPSA) is 131 Å². The van der Waals surface area contributed by atoms with Gasteiger partial charge in [0.05, 0.1) is 11.4 Å². The molecule has 232 valence electrons. The summed E-state index contributed by atoms with van der Waals surface area (Å²) >= 11 is 3.53. The fraction of sp³-hybridized carbons (Fsp3) is 0.400. The van der Waals surface area contributed by atoms with E-state index in [1.165, 1.54) is 43.9 Å². The fourth-order valence-electron chi connectivity index (χ4n) is 4.82. The van der Waals surface area contributed by atoms with Crippen molar-refractivity contribution in [2.24, 2.45) is 0 Å². The summed E-state index contributed by atoms with van der Waals surface area (Å²) in [5.41, 5.74) is 7.69. The van der Waals surface area contributed by atoms with Gasteiger partial charge in [0.15, 0.2) is 10.3 Å². The SMILES string of the molecule is Cc1cccc(Cc2csc(N3CCNCC3)n2)c1.Cc1cccc(Cc2csc(N3CCNCC3)n2)c1.O=S(=O)(O)O. The van der Waals surface area contributed by atoms with Gasteiger partial charge in [0, 0.05) is 76.0 Å². The number of rotatable bonds is 6. The molecule has 4 aromatic rings. The first-order chi connectivity index (χ1) is 20.6. The molecule has 0 aliphatic carbocycles. The minimum atomic E-state index is -4.67. The van der Waals surface area contributed by atoms with Gasteiger partial charge in [-0.05, 0) is 25.0 Å². The Bertz CT molecular complexity index is 1420. The Morgan fingerprint density at radius 1 is 0.721 bits per heavy atom. The molecule has 0 spiro atoms. The van der Waals surface area contributed by atoms with Crippen molar-refractivity contribution in [2.45, 2.75) is 26.7 Å². The normalized spacial score (nSPS) is 15.3. The highest BCUT2D eigenvalue weighted by molar-refractivity contribution is 7.79. The highest BCUT2D eigenvalue weighted by Gasteiger charge is 2.15. The average molecular weight is 645 g/mol. The third kappa shape index (κ3) is 11.9. The summed E-state index contributed by atoms with van der Waals surface area (Å²) in [5, 5.41) is 13.5. The van der Waals surface area contributed by atoms with Crippen LogP contribution in [0.5, 0.6) is 0 Å². The van der Waals surface area contributed by atoms with Gasteiger partial charge in [-0.25, -0.2) is 9.97 Å². The van der Waals surface area contributed by atoms with Gasteiger partial charge in [-0.15, -0.1) is 22.7 Å². The number of nitrogens with one attached hydrogen (secondary N) is 2. The van der Waals surface area contributed by atoms with E-state index in [0.29, 0.717) is 0 Å². The Kier molecular flexibility index (Phi) is 12.5. The second-order valence-corrected chi connectivity index (χ2v) is 13.1. The maximum atomic E-state index is 8.74. The van der Waals surface area contributed by atoms with Gasteiger partial charge >= 0.3 is 10.4 Å². The molecule has 0 radical (unpaired) electrons. The van der Waals surface area contributed by atoms with E-state index in [-0.39, 0.29) is 0 Å². The number of hydrogen-bond acceptors (Lipinski definition) is 10. The minimum Gasteiger partial charge on any atom is -0.346 e. The van der Waals surface area contributed by atoms with Gasteiger partial charge in [0.25, 0.3) is 0 Å². The second-order valence-electron chi connectivity index (χ2n) is 10.5. The lowest BCUT2D eigenvalue weighted by Crippen LogP contribution is -2.43. The first-order valence-corrected chi connectivity index (χ1v) is 17.4. The second kappa shape index (κ2) is 16.2. The van der Waals surface area contributed by atoms with E-state index in [4.69, 9.17) is 27.5 Å². The molecule has 0 atom stereocenters. The van der Waals surface area contributed by atoms with Gasteiger partial charge in [-0.2, -0.15) is 8.42 Å². The van der Waals surface area contributed by atoms with Gasteiger partial charge in [-0.3, -0.25) is 9.11 Å². The van der Waals surface area contributed by atoms with Crippen LogP contribution >= 0.6 is 22.7 Å². The molecule has 0 unspecified atom stereocenters. The van der Waals surface area contributed by atoms with Crippen LogP contribution in [0.15, 0.2) is 59.3 Å². The lowest BCUT2D eigenvalue weighted by Gasteiger charge is -2.26. The molecular formula is C30H40N6O4S3. The van der Waals surface area contributed by atoms with Gasteiger partial charge < -0.3 is 20.4 Å². The summed E-state index contributed by atoms with van der Waals surface area (Å²) < 4.78 is 31.6. The number of piperazine rings is 2. The van der Waals surface area contributed by atoms with Crippen LogP contribution in [0, 0.1) is 13.8 Å². The highest BCUT2D eigenvalue weighted by Crippen LogP contribution is 2.24. The number of aromatic nitrogens is 2. The summed E-state index contributed by atoms with van der Waals surface area (Å²) in [6.07, 6.45) is 1.87. The van der Waals surface area contributed by atoms with E-state index in [2.05, 4.69) is 93.6 Å². The molecule has 13 heteroatoms. The third-order valence-electron chi connectivity index (χ3n) is 6.79. The van der Waals surface area contributed by atoms with Crippen molar-refractivity contribution in [3.8, 4) is 0 Å². The third-order valence-corrected chi connectivity index (χ3v) is 8.69. The van der Waals surface area contributed by atoms with Crippen molar-refractivity contribution < 1.29 is 17.5 Å². The molecule has 2 aromatic heterocycles. The number of thiazole rings is 2. The zero-order chi connectivity index (χ0) is 30.7. The molecule has 6 rings (SSSR count). The average Bonchev–Trinajstić information content (AvgIpc) is 3.64. The number of benzene rings is 2. The van der Waals surface area contributed by atoms with E-state index < -0.39 is 10.4 Å². The maximum Gasteiger partial charge on any atom is 0.394 e. The highest BCUT2D eigenvalue weighted by atomic mass is 32.3. The summed E-state index contributed by atoms with van der Waals surface area (Å²) in [5.74, 6) is 0. The van der Waals surface area contributed by atoms with Gasteiger partial charge in [0.1, 0.15) is 0 Å². The van der Waals surface area contributed by atoms with Crippen molar-refractivity contribution in [3.63, 3.8) is 0 Å². The largest absolute Gasteiger partial charge is 0.394 e. The van der Waals surface area contributed by atoms with E-state index in [9.17, 15) is 0 Å². The molecule has 4 heterocycles. The van der Waals surface area contributed by atoms with Crippen molar-refractivity contribution in [2.75, 3.05) is 62.2 Å². The molecule has 2 aromatic carbocycles. The first kappa shape index (κ1) is 33.0. The molecule has 4 N–H and O–H groups in total. The van der Waals surface area contributed by atoms with Crippen molar-refractivity contribution >= 4 is 43.3 Å². The molecule has 43 heavy (non-hydrogen) atoms. The smallest absolute Gasteiger partial charge is 0.346 e. The van der Waals surface area contributed by atoms with Crippen molar-refractivity contribution in [1.82, 2.24) is 20.6 Å². The number of aryl methyl sites for hydroxylation is 2. The van der Waals surface area contributed by atoms with E-state index in [1.54, 1.807) is 22.7 Å². The Balaban J connectivity index is 0.000000171. The molecule has 0 amide bonds. The Morgan fingerprint density at radius 3 is 1.44 bits per heavy atom. The van der Waals surface area contributed by atoms with Crippen LogP contribution in [0.3, 0.4) is 0 Å². The molecule has 2 aliphatic heterocycles. The summed E-state index contributed by atoms with van der Waals surface area (Å²) in [6.45, 7) is 12.8. The predicted molar refractivity (Wildman–Crippen MR) is 177 cm³/mol. The molecule has 2 saturated heterocycles. The van der Waals surface area contributed by atoms with E-state index >= 15 is 0 Å². The predicted octanol–water partition coefficient (Wildman–Crippen LogP) is 4.25. The Labute approximate surface area is 262 Å². The molecule has 0 saturated carbocycles. The van der Waals surface area contributed by atoms with Crippen LogP contribution in [0.4, 0.5) is 10.3 Å². The molecule has 2 fully saturated rings. The van der Waals surface area contributed by atoms with Crippen LogP contribution in [-0.2, 0) is 23.2 Å². The lowest BCUT2D eigenvalue weighted by molar-refractivity contribution is 0.381. The molecule has 10 nitrogen and oxygen atoms in total. The van der Waals surface area contributed by atoms with E-state index in [0.717, 1.165) is 65.2 Å². The zero-order valence-electron chi connectivity index (χ0n) is 24.6. The standard InChI is InChI=1S/2C15H19N3S.H2O4S/c2*1-12-3-2-4-13(9-12)10-14-11-19-15(17-14)18-7-5-16-6-8-18;1-5(2,3)4/h2*2-4,9,11,16H,5-8,10H2,1H3;(H2,1,2,3,4). The van der Waals surface area contributed by atoms with Gasteiger partial charge in [0.2, 0.25) is 0 Å². The summed E-state index contributed by atoms with van der Waals surface area (Å²) in [6, 6.07) is 17.3. The lowest BCUT2D eigenvalue weighted by atomic mass is 10.1. The molecule has 2 aliphatic rings. The fourth-order valence-corrected chi connectivity index (χ4v) is 6.58. The minimum absolute atomic E-state index is 0.935. The van der Waals surface area contributed by atoms with Crippen LogP contribution in [0.2, 0.25) is 0 Å². The monoisotopic (exact) mass is 644 g/mol.